The van der Waals surface area contributed by atoms with Crippen LogP contribution in [0.3, 0.4) is 0 Å². The van der Waals surface area contributed by atoms with Crippen LogP contribution < -0.4 is 10.1 Å². The van der Waals surface area contributed by atoms with Crippen LogP contribution in [0.1, 0.15) is 35.5 Å². The van der Waals surface area contributed by atoms with Crippen LogP contribution in [0.4, 0.5) is 0 Å². The third-order valence-electron chi connectivity index (χ3n) is 3.02. The van der Waals surface area contributed by atoms with Crippen LogP contribution in [0, 0.1) is 0 Å². The molecule has 0 radical (unpaired) electrons. The number of carboxylic acids is 1. The molecular weight excluding hydrogens is 286 g/mol. The molecule has 0 spiro atoms. The maximum atomic E-state index is 12.0. The van der Waals surface area contributed by atoms with Gasteiger partial charge in [-0.1, -0.05) is 12.1 Å². The van der Waals surface area contributed by atoms with Gasteiger partial charge in [0.15, 0.2) is 5.76 Å². The second kappa shape index (κ2) is 7.31. The lowest BCUT2D eigenvalue weighted by Crippen LogP contribution is -2.29. The van der Waals surface area contributed by atoms with Crippen LogP contribution in [0.15, 0.2) is 47.1 Å². The molecule has 1 amide bonds. The van der Waals surface area contributed by atoms with E-state index < -0.39 is 17.9 Å². The SMILES string of the molecule is CCOc1ccc([C@H](CC(=O)O)NC(=O)c2ccco2)cc1. The molecule has 0 bridgehead atoms. The van der Waals surface area contributed by atoms with Crippen LogP contribution in [0.5, 0.6) is 5.75 Å². The number of carbonyl (C=O) groups excluding carboxylic acids is 1. The first-order valence-electron chi connectivity index (χ1n) is 6.89. The standard InChI is InChI=1S/C16H17NO5/c1-2-21-12-7-5-11(6-8-12)13(10-15(18)19)17-16(20)14-4-3-9-22-14/h3-9,13H,2,10H2,1H3,(H,17,20)(H,18,19)/t13-/m0/s1. The first-order valence-corrected chi connectivity index (χ1v) is 6.89. The van der Waals surface area contributed by atoms with Gasteiger partial charge in [0, 0.05) is 0 Å². The molecule has 1 aromatic heterocycles. The minimum Gasteiger partial charge on any atom is -0.494 e. The molecule has 0 unspecified atom stereocenters. The number of benzene rings is 1. The summed E-state index contributed by atoms with van der Waals surface area (Å²) in [7, 11) is 0. The smallest absolute Gasteiger partial charge is 0.305 e. The van der Waals surface area contributed by atoms with Gasteiger partial charge in [-0.15, -0.1) is 0 Å². The van der Waals surface area contributed by atoms with Gasteiger partial charge >= 0.3 is 5.97 Å². The normalized spacial score (nSPS) is 11.7. The van der Waals surface area contributed by atoms with E-state index in [0.717, 1.165) is 0 Å². The molecule has 1 heterocycles. The maximum Gasteiger partial charge on any atom is 0.305 e. The predicted molar refractivity (Wildman–Crippen MR) is 78.8 cm³/mol. The van der Waals surface area contributed by atoms with E-state index in [1.807, 2.05) is 6.92 Å². The van der Waals surface area contributed by atoms with E-state index in [1.165, 1.54) is 12.3 Å². The lowest BCUT2D eigenvalue weighted by Gasteiger charge is -2.17. The predicted octanol–water partition coefficient (Wildman–Crippen LogP) is 2.62. The molecule has 2 rings (SSSR count). The monoisotopic (exact) mass is 303 g/mol. The number of carbonyl (C=O) groups is 2. The Bertz CT molecular complexity index is 618. The van der Waals surface area contributed by atoms with E-state index in [-0.39, 0.29) is 12.2 Å². The molecule has 1 aromatic carbocycles. The highest BCUT2D eigenvalue weighted by Gasteiger charge is 2.20. The van der Waals surface area contributed by atoms with E-state index >= 15 is 0 Å². The second-order valence-electron chi connectivity index (χ2n) is 4.60. The summed E-state index contributed by atoms with van der Waals surface area (Å²) in [5.74, 6) is -0.622. The number of hydrogen-bond donors (Lipinski definition) is 2. The minimum absolute atomic E-state index is 0.140. The zero-order chi connectivity index (χ0) is 15.9. The summed E-state index contributed by atoms with van der Waals surface area (Å²) in [6.07, 6.45) is 1.17. The first kappa shape index (κ1) is 15.6. The van der Waals surface area contributed by atoms with E-state index in [2.05, 4.69) is 5.32 Å². The van der Waals surface area contributed by atoms with Gasteiger partial charge in [-0.05, 0) is 36.8 Å². The van der Waals surface area contributed by atoms with Crippen molar-refractivity contribution in [1.82, 2.24) is 5.32 Å². The van der Waals surface area contributed by atoms with E-state index in [0.29, 0.717) is 17.9 Å². The van der Waals surface area contributed by atoms with Crippen molar-refractivity contribution < 1.29 is 23.8 Å². The molecule has 0 fully saturated rings. The summed E-state index contributed by atoms with van der Waals surface area (Å²) in [5, 5.41) is 11.7. The molecule has 0 aliphatic heterocycles. The molecule has 6 nitrogen and oxygen atoms in total. The Labute approximate surface area is 127 Å². The molecule has 1 atom stereocenters. The third-order valence-corrected chi connectivity index (χ3v) is 3.02. The van der Waals surface area contributed by atoms with Crippen molar-refractivity contribution in [2.24, 2.45) is 0 Å². The van der Waals surface area contributed by atoms with Crippen LogP contribution in [-0.4, -0.2) is 23.6 Å². The lowest BCUT2D eigenvalue weighted by molar-refractivity contribution is -0.137. The van der Waals surface area contributed by atoms with Gasteiger partial charge in [0.2, 0.25) is 0 Å². The number of aliphatic carboxylic acids is 1. The van der Waals surface area contributed by atoms with Crippen LogP contribution in [-0.2, 0) is 4.79 Å². The molecule has 2 N–H and O–H groups in total. The van der Waals surface area contributed by atoms with Crippen LogP contribution >= 0.6 is 0 Å². The number of amides is 1. The fraction of sp³-hybridized carbons (Fsp3) is 0.250. The second-order valence-corrected chi connectivity index (χ2v) is 4.60. The zero-order valence-electron chi connectivity index (χ0n) is 12.1. The van der Waals surface area contributed by atoms with Crippen LogP contribution in [0.25, 0.3) is 0 Å². The van der Waals surface area contributed by atoms with Crippen molar-refractivity contribution in [2.75, 3.05) is 6.61 Å². The third kappa shape index (κ3) is 4.12. The number of ether oxygens (including phenoxy) is 1. The summed E-state index contributed by atoms with van der Waals surface area (Å²) < 4.78 is 10.4. The molecule has 116 valence electrons. The fourth-order valence-corrected chi connectivity index (χ4v) is 2.03. The van der Waals surface area contributed by atoms with Gasteiger partial charge in [0.05, 0.1) is 25.3 Å². The number of hydrogen-bond acceptors (Lipinski definition) is 4. The molecule has 0 aliphatic carbocycles. The molecule has 2 aromatic rings. The largest absolute Gasteiger partial charge is 0.494 e. The molecule has 22 heavy (non-hydrogen) atoms. The van der Waals surface area contributed by atoms with Crippen LogP contribution in [0.2, 0.25) is 0 Å². The van der Waals surface area contributed by atoms with E-state index in [4.69, 9.17) is 14.3 Å². The molecule has 6 heteroatoms. The Morgan fingerprint density at radius 2 is 2.00 bits per heavy atom. The molecular formula is C16H17NO5. The fourth-order valence-electron chi connectivity index (χ4n) is 2.03. The van der Waals surface area contributed by atoms with Crippen molar-refractivity contribution >= 4 is 11.9 Å². The van der Waals surface area contributed by atoms with Crippen molar-refractivity contribution in [3.8, 4) is 5.75 Å². The Balaban J connectivity index is 2.14. The minimum atomic E-state index is -1.00. The summed E-state index contributed by atoms with van der Waals surface area (Å²) in [6.45, 7) is 2.43. The average molecular weight is 303 g/mol. The summed E-state index contributed by atoms with van der Waals surface area (Å²) >= 11 is 0. The van der Waals surface area contributed by atoms with Gasteiger partial charge < -0.3 is 19.6 Å². The average Bonchev–Trinajstić information content (AvgIpc) is 3.01. The van der Waals surface area contributed by atoms with Gasteiger partial charge in [0.1, 0.15) is 5.75 Å². The molecule has 0 saturated heterocycles. The summed E-state index contributed by atoms with van der Waals surface area (Å²) in [4.78, 5) is 23.0. The topological polar surface area (TPSA) is 88.8 Å². The van der Waals surface area contributed by atoms with Gasteiger partial charge in [0.25, 0.3) is 5.91 Å². The highest BCUT2D eigenvalue weighted by Crippen LogP contribution is 2.21. The highest BCUT2D eigenvalue weighted by molar-refractivity contribution is 5.91. The Morgan fingerprint density at radius 1 is 1.27 bits per heavy atom. The molecule has 0 aliphatic rings. The summed E-state index contributed by atoms with van der Waals surface area (Å²) in [6, 6.07) is 9.43. The van der Waals surface area contributed by atoms with Gasteiger partial charge in [-0.25, -0.2) is 0 Å². The highest BCUT2D eigenvalue weighted by atomic mass is 16.5. The van der Waals surface area contributed by atoms with E-state index in [9.17, 15) is 9.59 Å². The number of rotatable bonds is 7. The van der Waals surface area contributed by atoms with Crippen molar-refractivity contribution in [2.45, 2.75) is 19.4 Å². The van der Waals surface area contributed by atoms with Crippen molar-refractivity contribution in [3.63, 3.8) is 0 Å². The number of carboxylic acid groups (broad SMARTS) is 1. The van der Waals surface area contributed by atoms with Crippen molar-refractivity contribution in [3.05, 3.63) is 54.0 Å². The lowest BCUT2D eigenvalue weighted by atomic mass is 10.0. The maximum absolute atomic E-state index is 12.0. The zero-order valence-corrected chi connectivity index (χ0v) is 12.1. The number of furan rings is 1. The quantitative estimate of drug-likeness (QED) is 0.820. The van der Waals surface area contributed by atoms with Gasteiger partial charge in [-0.3, -0.25) is 9.59 Å². The Kier molecular flexibility index (Phi) is 5.19. The van der Waals surface area contributed by atoms with Gasteiger partial charge in [-0.2, -0.15) is 0 Å². The summed E-state index contributed by atoms with van der Waals surface area (Å²) in [5.41, 5.74) is 0.686. The Hall–Kier alpha value is -2.76. The molecule has 0 saturated carbocycles. The first-order chi connectivity index (χ1) is 10.6. The Morgan fingerprint density at radius 3 is 2.55 bits per heavy atom. The van der Waals surface area contributed by atoms with E-state index in [1.54, 1.807) is 30.3 Å². The van der Waals surface area contributed by atoms with Crippen molar-refractivity contribution in [1.29, 1.82) is 0 Å². The number of nitrogens with one attached hydrogen (secondary N) is 1.